The molecule has 30 aromatic rings. The number of hydrogen-bond donors (Lipinski definition) is 1. The van der Waals surface area contributed by atoms with Gasteiger partial charge in [-0.25, -0.2) is 0 Å². The van der Waals surface area contributed by atoms with E-state index >= 15 is 9.59 Å². The lowest BCUT2D eigenvalue weighted by Gasteiger charge is -2.51. The molecule has 0 spiro atoms. The third-order valence-electron chi connectivity index (χ3n) is 28.0. The Hall–Kier alpha value is -11.5. The molecule has 93 heavy (non-hydrogen) atoms. The van der Waals surface area contributed by atoms with Crippen LogP contribution < -0.4 is 16.2 Å². The van der Waals surface area contributed by atoms with E-state index in [0.29, 0.717) is 17.5 Å². The van der Waals surface area contributed by atoms with Crippen LogP contribution in [0.5, 0.6) is 0 Å². The molecule has 34 rings (SSSR count). The summed E-state index contributed by atoms with van der Waals surface area (Å²) in [6.45, 7) is 0. The van der Waals surface area contributed by atoms with E-state index < -0.39 is 11.0 Å². The number of carbonyl (C=O) groups excluding carboxylic acids is 1. The molecule has 0 saturated heterocycles. The van der Waals surface area contributed by atoms with Crippen LogP contribution in [0.25, 0.3) is 269 Å². The number of benzene rings is 20. The van der Waals surface area contributed by atoms with Crippen LogP contribution in [-0.4, -0.2) is 16.5 Å². The molecule has 1 aliphatic heterocycles. The summed E-state index contributed by atoms with van der Waals surface area (Å²) >= 11 is 3.73. The molecule has 6 nitrogen and oxygen atoms in total. The van der Waals surface area contributed by atoms with Crippen molar-refractivity contribution in [1.82, 2.24) is 4.98 Å². The molecule has 2 atom stereocenters. The Labute approximate surface area is 521 Å². The third-order valence-corrected chi connectivity index (χ3v) is 28.5. The van der Waals surface area contributed by atoms with Gasteiger partial charge in [0, 0.05) is 82.1 Å². The first kappa shape index (κ1) is 40.3. The standard InChI is InChI=1S/C86H21BrN4O2/c87-22-14-16-23(17-15-22)90-91-81-76-34-29-24-19-25-28-27(24)31-36-33(29)40-41(34)47-59-51-46(40)48-42(36)44-38(31)39-32(28)37-35-30(25)84(93)86(26-13-7-8-18-88-26)80-75(35)70-65-43(37)45(39)50-49(44)53-52(48)54(51)57-58-55(53)56(50)60(65)64-62(58)66-61(57)63(59)68-67(47)72(76)77(82(81)92)78-73(68)71(66)74(69(64)70)79(80)85(78,21-11-5-2-6-12-21)83(89-86)20-9-3-1-4-10-20/h1-18,90H,19H2/b91-81+. The number of nitrogens with one attached hydrogen (secondary N) is 1. The number of ketones is 1. The molecule has 2 heterocycles. The van der Waals surface area contributed by atoms with Crippen molar-refractivity contribution in [3.05, 3.63) is 180 Å². The number of Topliss-reactive ketones (excluding diaryl/α,β-unsaturated/α-hetero) is 1. The average Bonchev–Trinajstić information content (AvgIpc) is 1.25. The van der Waals surface area contributed by atoms with Gasteiger partial charge in [0.2, 0.25) is 11.2 Å². The summed E-state index contributed by atoms with van der Waals surface area (Å²) in [5.74, 6) is 0.0132. The van der Waals surface area contributed by atoms with Gasteiger partial charge in [0.25, 0.3) is 0 Å². The molecule has 1 aromatic heterocycles. The first-order valence-electron chi connectivity index (χ1n) is 32.9. The minimum atomic E-state index is -1.67. The van der Waals surface area contributed by atoms with E-state index in [1.807, 2.05) is 36.5 Å². The number of rotatable bonds is 5. The Morgan fingerprint density at radius 3 is 1.27 bits per heavy atom. The fraction of sp³-hybridized carbons (Fsp3) is 0.0349. The molecule has 0 saturated carbocycles. The summed E-state index contributed by atoms with van der Waals surface area (Å²) in [5, 5.41) is 73.0. The molecule has 7 heteroatoms. The molecular weight excluding hydrogens is 1200 g/mol. The van der Waals surface area contributed by atoms with Gasteiger partial charge in [-0.15, -0.1) is 0 Å². The first-order valence-corrected chi connectivity index (χ1v) is 33.7. The normalized spacial score (nSPS) is 19.7. The topological polar surface area (TPSA) is 83.8 Å². The van der Waals surface area contributed by atoms with Crippen molar-refractivity contribution in [2.24, 2.45) is 10.1 Å². The SMILES string of the molecule is O=C1c2c3c4c5c(c6c7c8/c(=N\Nc9ccc(Br)cc9)c(=O)c9c%10c%11c%12c%13c%14c(c%15c2c2c4c4c%16c5c5c6c6c7c7c(c98)c%11c8c9c%12c%11c%12c%13c%15c%13c2c4c2c(c%13%12)c4c%11c9c9c(c87)c6c6c5c%16c2c4c69)C1(c1ccccn1)N=C(c1ccccc1)C%14%10c1ccccc1)C3. The maximum atomic E-state index is 18.7. The zero-order valence-corrected chi connectivity index (χ0v) is 49.2. The van der Waals surface area contributed by atoms with Crippen molar-refractivity contribution in [3.8, 4) is 0 Å². The Bertz CT molecular complexity index is 9030. The van der Waals surface area contributed by atoms with Crippen molar-refractivity contribution < 1.29 is 4.79 Å². The van der Waals surface area contributed by atoms with Crippen LogP contribution in [0.2, 0.25) is 0 Å². The van der Waals surface area contributed by atoms with Crippen LogP contribution in [0, 0.1) is 0 Å². The highest BCUT2D eigenvalue weighted by Gasteiger charge is 2.64. The van der Waals surface area contributed by atoms with E-state index in [0.717, 1.165) is 81.7 Å². The van der Waals surface area contributed by atoms with Crippen molar-refractivity contribution in [3.63, 3.8) is 0 Å². The molecular formula is C86H21BrN4O2. The second-order valence-electron chi connectivity index (χ2n) is 30.0. The summed E-state index contributed by atoms with van der Waals surface area (Å²) < 4.78 is 0.971. The lowest BCUT2D eigenvalue weighted by atomic mass is 9.52. The first-order chi connectivity index (χ1) is 46.1. The summed E-state index contributed by atoms with van der Waals surface area (Å²) in [7, 11) is 0. The quantitative estimate of drug-likeness (QED) is 0.137. The number of fused-ring (bicyclic) bond motifs is 6. The van der Waals surface area contributed by atoms with Gasteiger partial charge >= 0.3 is 0 Å². The zero-order valence-electron chi connectivity index (χ0n) is 47.6. The zero-order chi connectivity index (χ0) is 57.8. The number of aliphatic imine (C=N–C) groups is 1. The van der Waals surface area contributed by atoms with E-state index in [4.69, 9.17) is 15.1 Å². The number of carbonyl (C=O) groups is 1. The average molecular weight is 1220 g/mol. The molecule has 0 radical (unpaired) electrons. The van der Waals surface area contributed by atoms with E-state index in [1.165, 1.54) is 248 Å². The van der Waals surface area contributed by atoms with Gasteiger partial charge in [-0.1, -0.05) is 82.7 Å². The monoisotopic (exact) mass is 1220 g/mol. The number of aromatic nitrogens is 1. The predicted molar refractivity (Wildman–Crippen MR) is 385 cm³/mol. The van der Waals surface area contributed by atoms with Gasteiger partial charge in [0.1, 0.15) is 5.36 Å². The number of halogens is 1. The van der Waals surface area contributed by atoms with Gasteiger partial charge in [0.15, 0.2) is 5.54 Å². The van der Waals surface area contributed by atoms with Crippen LogP contribution in [0.15, 0.2) is 129 Å². The number of pyridine rings is 1. The fourth-order valence-electron chi connectivity index (χ4n) is 26.4. The number of hydrogen-bond acceptors (Lipinski definition) is 6. The van der Waals surface area contributed by atoms with Crippen molar-refractivity contribution in [2.45, 2.75) is 17.4 Å². The predicted octanol–water partition coefficient (Wildman–Crippen LogP) is 20.4. The Balaban J connectivity index is 1.05. The van der Waals surface area contributed by atoms with Crippen molar-refractivity contribution >= 4 is 302 Å². The molecule has 0 fully saturated rings. The maximum absolute atomic E-state index is 18.7. The molecule has 2 unspecified atom stereocenters. The van der Waals surface area contributed by atoms with Crippen molar-refractivity contribution in [1.29, 1.82) is 0 Å². The minimum Gasteiger partial charge on any atom is -0.291 e. The summed E-state index contributed by atoms with van der Waals surface area (Å²) in [6.07, 6.45) is 2.46. The Morgan fingerprint density at radius 1 is 0.366 bits per heavy atom. The summed E-state index contributed by atoms with van der Waals surface area (Å²) in [6, 6.07) is 36.4. The van der Waals surface area contributed by atoms with Crippen LogP contribution in [-0.2, 0) is 17.4 Å². The van der Waals surface area contributed by atoms with Crippen LogP contribution in [0.4, 0.5) is 5.69 Å². The molecule has 3 aliphatic carbocycles. The highest BCUT2D eigenvalue weighted by atomic mass is 79.9. The van der Waals surface area contributed by atoms with Crippen LogP contribution >= 0.6 is 15.9 Å². The van der Waals surface area contributed by atoms with Gasteiger partial charge in [-0.05, 0) is 285 Å². The lowest BCUT2D eigenvalue weighted by molar-refractivity contribution is 0.0911. The van der Waals surface area contributed by atoms with Gasteiger partial charge in [-0.2, -0.15) is 5.10 Å². The molecule has 0 bridgehead atoms. The molecule has 404 valence electrons. The second-order valence-corrected chi connectivity index (χ2v) is 30.9. The largest absolute Gasteiger partial charge is 0.291 e. The van der Waals surface area contributed by atoms with E-state index in [1.54, 1.807) is 0 Å². The highest BCUT2D eigenvalue weighted by Crippen LogP contribution is 2.79. The van der Waals surface area contributed by atoms with Crippen LogP contribution in [0.1, 0.15) is 55.0 Å². The van der Waals surface area contributed by atoms with Gasteiger partial charge in [0.05, 0.1) is 22.5 Å². The molecule has 29 aromatic carbocycles. The summed E-state index contributed by atoms with van der Waals surface area (Å²) in [4.78, 5) is 49.0. The summed E-state index contributed by atoms with van der Waals surface area (Å²) in [5.41, 5.74) is 11.0. The molecule has 1 N–H and O–H groups in total. The number of anilines is 1. The van der Waals surface area contributed by atoms with Crippen LogP contribution in [0.3, 0.4) is 0 Å². The van der Waals surface area contributed by atoms with Gasteiger partial charge in [-0.3, -0.25) is 25.0 Å². The van der Waals surface area contributed by atoms with Gasteiger partial charge < -0.3 is 0 Å². The maximum Gasteiger partial charge on any atom is 0.214 e. The van der Waals surface area contributed by atoms with Crippen molar-refractivity contribution in [2.75, 3.05) is 5.43 Å². The third kappa shape index (κ3) is 2.83. The van der Waals surface area contributed by atoms with E-state index in [9.17, 15) is 0 Å². The Kier molecular flexibility index (Phi) is 4.61. The second kappa shape index (κ2) is 10.7. The smallest absolute Gasteiger partial charge is 0.214 e. The van der Waals surface area contributed by atoms with E-state index in [2.05, 4.69) is 94.2 Å². The highest BCUT2D eigenvalue weighted by molar-refractivity contribution is 9.10. The number of nitrogens with zero attached hydrogens (tertiary/aromatic N) is 3. The Morgan fingerprint density at radius 2 is 0.763 bits per heavy atom. The lowest BCUT2D eigenvalue weighted by Crippen LogP contribution is -2.52. The molecule has 0 amide bonds. The van der Waals surface area contributed by atoms with E-state index in [-0.39, 0.29) is 11.2 Å². The fourth-order valence-corrected chi connectivity index (χ4v) is 26.7. The minimum absolute atomic E-state index is 0.0132. The molecule has 4 aliphatic rings.